The van der Waals surface area contributed by atoms with Crippen molar-refractivity contribution in [3.63, 3.8) is 0 Å². The van der Waals surface area contributed by atoms with E-state index in [9.17, 15) is 18.7 Å². The smallest absolute Gasteiger partial charge is 0.387 e. The number of ether oxygens (including phenoxy) is 1. The predicted octanol–water partition coefficient (Wildman–Crippen LogP) is 2.03. The van der Waals surface area contributed by atoms with Crippen molar-refractivity contribution in [1.29, 1.82) is 0 Å². The van der Waals surface area contributed by atoms with Gasteiger partial charge in [-0.1, -0.05) is 6.07 Å². The highest BCUT2D eigenvalue weighted by Crippen LogP contribution is 2.27. The Bertz CT molecular complexity index is 670. The average molecular weight is 369 g/mol. The summed E-state index contributed by atoms with van der Waals surface area (Å²) in [5, 5.41) is 12.9. The molecule has 0 spiro atoms. The van der Waals surface area contributed by atoms with E-state index >= 15 is 0 Å². The number of aliphatic hydroxyl groups is 1. The molecule has 1 amide bonds. The van der Waals surface area contributed by atoms with Gasteiger partial charge in [0.25, 0.3) is 5.91 Å². The number of hydrogen-bond donors (Lipinski definition) is 2. The Kier molecular flexibility index (Phi) is 5.97. The van der Waals surface area contributed by atoms with Crippen LogP contribution in [0.2, 0.25) is 0 Å². The first kappa shape index (κ1) is 20.6. The van der Waals surface area contributed by atoms with Crippen molar-refractivity contribution in [1.82, 2.24) is 5.32 Å². The summed E-state index contributed by atoms with van der Waals surface area (Å²) in [4.78, 5) is 12.4. The van der Waals surface area contributed by atoms with E-state index in [1.54, 1.807) is 40.7 Å². The molecule has 0 bridgehead atoms. The number of amides is 1. The Morgan fingerprint density at radius 2 is 1.92 bits per heavy atom. The molecule has 2 rings (SSSR count). The second-order valence-electron chi connectivity index (χ2n) is 7.77. The molecule has 0 aromatic heterocycles. The standard InChI is InChI=1S/C18H26BF2NO4/c1-10-8-11(19-26-18(4,5)17(2,3)24)9-13(25-16(20)21)14(10)15(23)22-12-6-7-12/h8-9,12,16,19,24H,6-7H2,1-5H3,(H,22,23). The van der Waals surface area contributed by atoms with Gasteiger partial charge in [-0.15, -0.1) is 0 Å². The first-order chi connectivity index (χ1) is 11.9. The van der Waals surface area contributed by atoms with Gasteiger partial charge in [0.15, 0.2) is 0 Å². The number of aryl methyl sites for hydroxylation is 1. The third-order valence-electron chi connectivity index (χ3n) is 4.79. The lowest BCUT2D eigenvalue weighted by Crippen LogP contribution is -2.49. The summed E-state index contributed by atoms with van der Waals surface area (Å²) < 4.78 is 36.0. The van der Waals surface area contributed by atoms with Crippen molar-refractivity contribution in [2.24, 2.45) is 0 Å². The maximum atomic E-state index is 12.8. The van der Waals surface area contributed by atoms with Gasteiger partial charge in [0.05, 0.1) is 16.8 Å². The minimum atomic E-state index is -3.04. The molecule has 0 heterocycles. The summed E-state index contributed by atoms with van der Waals surface area (Å²) in [5.74, 6) is -0.581. The SMILES string of the molecule is Cc1cc(BOC(C)(C)C(C)(C)O)cc(OC(F)F)c1C(=O)NC1CC1. The van der Waals surface area contributed by atoms with Crippen molar-refractivity contribution in [2.45, 2.75) is 71.3 Å². The topological polar surface area (TPSA) is 67.8 Å². The zero-order valence-electron chi connectivity index (χ0n) is 15.9. The number of halogens is 2. The van der Waals surface area contributed by atoms with Crippen molar-refractivity contribution < 1.29 is 28.1 Å². The van der Waals surface area contributed by atoms with Gasteiger partial charge in [0, 0.05) is 6.04 Å². The van der Waals surface area contributed by atoms with Crippen LogP contribution >= 0.6 is 0 Å². The van der Waals surface area contributed by atoms with Crippen molar-refractivity contribution in [3.05, 3.63) is 23.3 Å². The number of carbonyl (C=O) groups is 1. The summed E-state index contributed by atoms with van der Waals surface area (Å²) in [6.07, 6.45) is 1.79. The summed E-state index contributed by atoms with van der Waals surface area (Å²) >= 11 is 0. The molecule has 8 heteroatoms. The predicted molar refractivity (Wildman–Crippen MR) is 96.5 cm³/mol. The average Bonchev–Trinajstić information content (AvgIpc) is 3.26. The van der Waals surface area contributed by atoms with Gasteiger partial charge in [-0.2, -0.15) is 8.78 Å². The molecule has 1 fully saturated rings. The zero-order valence-corrected chi connectivity index (χ0v) is 15.9. The molecule has 0 saturated heterocycles. The lowest BCUT2D eigenvalue weighted by Gasteiger charge is -2.37. The second-order valence-corrected chi connectivity index (χ2v) is 7.77. The van der Waals surface area contributed by atoms with Crippen LogP contribution in [0.1, 0.15) is 56.5 Å². The normalized spacial score (nSPS) is 15.1. The quantitative estimate of drug-likeness (QED) is 0.689. The number of rotatable bonds is 8. The Hall–Kier alpha value is -1.67. The lowest BCUT2D eigenvalue weighted by atomic mass is 9.81. The molecule has 0 atom stereocenters. The molecule has 1 aromatic rings. The zero-order chi connectivity index (χ0) is 19.7. The highest BCUT2D eigenvalue weighted by Gasteiger charge is 2.36. The Labute approximate surface area is 153 Å². The van der Waals surface area contributed by atoms with Gasteiger partial charge >= 0.3 is 14.1 Å². The number of carbonyl (C=O) groups excluding carboxylic acids is 1. The molecule has 2 N–H and O–H groups in total. The van der Waals surface area contributed by atoms with Crippen LogP contribution in [-0.2, 0) is 4.65 Å². The van der Waals surface area contributed by atoms with Crippen LogP contribution in [0.15, 0.2) is 12.1 Å². The molecule has 0 unspecified atom stereocenters. The van der Waals surface area contributed by atoms with Crippen LogP contribution in [0.3, 0.4) is 0 Å². The maximum absolute atomic E-state index is 12.8. The summed E-state index contributed by atoms with van der Waals surface area (Å²) in [6.45, 7) is 5.39. The third-order valence-corrected chi connectivity index (χ3v) is 4.79. The van der Waals surface area contributed by atoms with Crippen LogP contribution in [0.5, 0.6) is 5.75 Å². The van der Waals surface area contributed by atoms with Crippen LogP contribution in [0.25, 0.3) is 0 Å². The van der Waals surface area contributed by atoms with Crippen LogP contribution in [0.4, 0.5) is 8.78 Å². The van der Waals surface area contributed by atoms with Crippen LogP contribution < -0.4 is 15.5 Å². The maximum Gasteiger partial charge on any atom is 0.387 e. The largest absolute Gasteiger partial charge is 0.434 e. The van der Waals surface area contributed by atoms with Gasteiger partial charge in [-0.3, -0.25) is 4.79 Å². The number of nitrogens with one attached hydrogen (secondary N) is 1. The van der Waals surface area contributed by atoms with E-state index in [0.29, 0.717) is 11.0 Å². The molecule has 1 aromatic carbocycles. The van der Waals surface area contributed by atoms with Gasteiger partial charge in [0.2, 0.25) is 0 Å². The molecule has 1 aliphatic rings. The fourth-order valence-corrected chi connectivity index (χ4v) is 2.32. The second kappa shape index (κ2) is 7.52. The molecular formula is C18H26BF2NO4. The summed E-state index contributed by atoms with van der Waals surface area (Å²) in [7, 11) is 0.0853. The first-order valence-corrected chi connectivity index (χ1v) is 8.66. The molecule has 26 heavy (non-hydrogen) atoms. The number of alkyl halides is 2. The van der Waals surface area contributed by atoms with Gasteiger partial charge in [-0.25, -0.2) is 0 Å². The highest BCUT2D eigenvalue weighted by atomic mass is 19.3. The molecule has 144 valence electrons. The Balaban J connectivity index is 2.25. The third kappa shape index (κ3) is 5.17. The lowest BCUT2D eigenvalue weighted by molar-refractivity contribution is -0.0893. The first-order valence-electron chi connectivity index (χ1n) is 8.66. The minimum Gasteiger partial charge on any atom is -0.434 e. The molecule has 0 aliphatic heterocycles. The van der Waals surface area contributed by atoms with E-state index < -0.39 is 23.7 Å². The van der Waals surface area contributed by atoms with Crippen LogP contribution in [0, 0.1) is 6.92 Å². The summed E-state index contributed by atoms with van der Waals surface area (Å²) in [5.41, 5.74) is -0.719. The van der Waals surface area contributed by atoms with E-state index in [0.717, 1.165) is 12.8 Å². The Morgan fingerprint density at radius 3 is 2.42 bits per heavy atom. The van der Waals surface area contributed by atoms with E-state index in [-0.39, 0.29) is 24.8 Å². The van der Waals surface area contributed by atoms with Crippen molar-refractivity contribution in [2.75, 3.05) is 0 Å². The molecule has 1 aliphatic carbocycles. The molecule has 5 nitrogen and oxygen atoms in total. The molecule has 0 radical (unpaired) electrons. The fourth-order valence-electron chi connectivity index (χ4n) is 2.32. The van der Waals surface area contributed by atoms with Crippen LogP contribution in [-0.4, -0.2) is 42.4 Å². The number of benzene rings is 1. The van der Waals surface area contributed by atoms with Gasteiger partial charge < -0.3 is 19.8 Å². The molecular weight excluding hydrogens is 343 g/mol. The summed E-state index contributed by atoms with van der Waals surface area (Å²) in [6, 6.07) is 3.21. The van der Waals surface area contributed by atoms with E-state index in [4.69, 9.17) is 4.65 Å². The number of hydrogen-bond acceptors (Lipinski definition) is 4. The van der Waals surface area contributed by atoms with Crippen molar-refractivity contribution in [3.8, 4) is 5.75 Å². The fraction of sp³-hybridized carbons (Fsp3) is 0.611. The Morgan fingerprint density at radius 1 is 1.31 bits per heavy atom. The van der Waals surface area contributed by atoms with E-state index in [1.807, 2.05) is 0 Å². The van der Waals surface area contributed by atoms with Gasteiger partial charge in [-0.05, 0) is 64.6 Å². The van der Waals surface area contributed by atoms with Gasteiger partial charge in [0.1, 0.15) is 5.75 Å². The van der Waals surface area contributed by atoms with Crippen molar-refractivity contribution >= 4 is 18.9 Å². The van der Waals surface area contributed by atoms with E-state index in [2.05, 4.69) is 10.1 Å². The minimum absolute atomic E-state index is 0.0853. The molecule has 1 saturated carbocycles. The monoisotopic (exact) mass is 369 g/mol. The van der Waals surface area contributed by atoms with E-state index in [1.165, 1.54) is 6.07 Å². The highest BCUT2D eigenvalue weighted by molar-refractivity contribution is 6.47.